The predicted octanol–water partition coefficient (Wildman–Crippen LogP) is 3.31. The molecule has 1 unspecified atom stereocenters. The smallest absolute Gasteiger partial charge is 0.191 e. The molecule has 164 valence electrons. The molecule has 0 amide bonds. The molecule has 1 saturated heterocycles. The van der Waals surface area contributed by atoms with Gasteiger partial charge in [-0.3, -0.25) is 9.89 Å². The SMILES string of the molecule is CCNC(=NCC(c1ccc(OC)cc1)N1CCCC1)NC1CCC(O)CC1.I. The van der Waals surface area contributed by atoms with Crippen molar-refractivity contribution in [2.75, 3.05) is 33.3 Å². The number of rotatable bonds is 7. The first-order valence-corrected chi connectivity index (χ1v) is 10.8. The van der Waals surface area contributed by atoms with Gasteiger partial charge in [0.2, 0.25) is 0 Å². The lowest BCUT2D eigenvalue weighted by atomic mass is 9.93. The Kier molecular flexibility index (Phi) is 10.5. The van der Waals surface area contributed by atoms with Gasteiger partial charge in [-0.05, 0) is 76.2 Å². The summed E-state index contributed by atoms with van der Waals surface area (Å²) in [6, 6.07) is 9.10. The molecule has 0 bridgehead atoms. The number of methoxy groups -OCH3 is 1. The number of aliphatic hydroxyl groups is 1. The molecule has 2 aliphatic rings. The van der Waals surface area contributed by atoms with Crippen LogP contribution in [0.5, 0.6) is 5.75 Å². The summed E-state index contributed by atoms with van der Waals surface area (Å²) in [5.74, 6) is 1.78. The van der Waals surface area contributed by atoms with Crippen LogP contribution in [0.2, 0.25) is 0 Å². The van der Waals surface area contributed by atoms with E-state index in [1.807, 2.05) is 12.1 Å². The van der Waals surface area contributed by atoms with Crippen LogP contribution in [-0.2, 0) is 0 Å². The van der Waals surface area contributed by atoms with Gasteiger partial charge < -0.3 is 20.5 Å². The van der Waals surface area contributed by atoms with Crippen molar-refractivity contribution in [2.24, 2.45) is 4.99 Å². The Labute approximate surface area is 192 Å². The van der Waals surface area contributed by atoms with Crippen molar-refractivity contribution in [3.8, 4) is 5.75 Å². The zero-order valence-electron chi connectivity index (χ0n) is 17.8. The topological polar surface area (TPSA) is 69.1 Å². The standard InChI is InChI=1S/C22H36N4O2.HI/c1-3-23-22(25-18-8-10-19(27)11-9-18)24-16-21(26-14-4-5-15-26)17-6-12-20(28-2)13-7-17;/h6-7,12-13,18-19,21,27H,3-5,8-11,14-16H2,1-2H3,(H2,23,24,25);1H. The summed E-state index contributed by atoms with van der Waals surface area (Å²) in [7, 11) is 1.70. The van der Waals surface area contributed by atoms with Gasteiger partial charge in [-0.2, -0.15) is 0 Å². The molecule has 1 aliphatic heterocycles. The van der Waals surface area contributed by atoms with Crippen LogP contribution in [0.15, 0.2) is 29.3 Å². The van der Waals surface area contributed by atoms with Crippen LogP contribution >= 0.6 is 24.0 Å². The van der Waals surface area contributed by atoms with E-state index < -0.39 is 0 Å². The van der Waals surface area contributed by atoms with Crippen LogP contribution in [0, 0.1) is 0 Å². The number of hydrogen-bond donors (Lipinski definition) is 3. The second-order valence-corrected chi connectivity index (χ2v) is 7.90. The van der Waals surface area contributed by atoms with Crippen LogP contribution in [-0.4, -0.2) is 61.4 Å². The van der Waals surface area contributed by atoms with Crippen molar-refractivity contribution in [3.63, 3.8) is 0 Å². The number of benzene rings is 1. The predicted molar refractivity (Wildman–Crippen MR) is 129 cm³/mol. The highest BCUT2D eigenvalue weighted by Crippen LogP contribution is 2.27. The van der Waals surface area contributed by atoms with Crippen LogP contribution in [0.3, 0.4) is 0 Å². The highest BCUT2D eigenvalue weighted by Gasteiger charge is 2.24. The van der Waals surface area contributed by atoms with Crippen LogP contribution in [0.25, 0.3) is 0 Å². The number of nitrogens with one attached hydrogen (secondary N) is 2. The fourth-order valence-electron chi connectivity index (χ4n) is 4.22. The van der Waals surface area contributed by atoms with Gasteiger partial charge >= 0.3 is 0 Å². The lowest BCUT2D eigenvalue weighted by molar-refractivity contribution is 0.120. The third kappa shape index (κ3) is 7.29. The molecule has 29 heavy (non-hydrogen) atoms. The number of likely N-dealkylation sites (tertiary alicyclic amines) is 1. The third-order valence-electron chi connectivity index (χ3n) is 5.89. The van der Waals surface area contributed by atoms with E-state index in [-0.39, 0.29) is 36.1 Å². The molecular weight excluding hydrogens is 479 g/mol. The second kappa shape index (κ2) is 12.6. The highest BCUT2D eigenvalue weighted by atomic mass is 127. The monoisotopic (exact) mass is 516 g/mol. The van der Waals surface area contributed by atoms with E-state index in [1.54, 1.807) is 7.11 Å². The van der Waals surface area contributed by atoms with Crippen molar-refractivity contribution in [2.45, 2.75) is 63.6 Å². The maximum Gasteiger partial charge on any atom is 0.191 e. The van der Waals surface area contributed by atoms with E-state index in [1.165, 1.54) is 18.4 Å². The van der Waals surface area contributed by atoms with Gasteiger partial charge in [0.05, 0.1) is 25.8 Å². The van der Waals surface area contributed by atoms with E-state index >= 15 is 0 Å². The van der Waals surface area contributed by atoms with Gasteiger partial charge in [-0.1, -0.05) is 12.1 Å². The lowest BCUT2D eigenvalue weighted by Crippen LogP contribution is -2.45. The average Bonchev–Trinajstić information content (AvgIpc) is 3.25. The van der Waals surface area contributed by atoms with Gasteiger partial charge in [0.15, 0.2) is 5.96 Å². The largest absolute Gasteiger partial charge is 0.497 e. The Balaban J connectivity index is 0.00000300. The van der Waals surface area contributed by atoms with Gasteiger partial charge in [-0.25, -0.2) is 0 Å². The minimum atomic E-state index is -0.132. The Bertz CT molecular complexity index is 612. The Morgan fingerprint density at radius 1 is 1.17 bits per heavy atom. The molecular formula is C22H37IN4O2. The molecule has 3 N–H and O–H groups in total. The first kappa shape index (κ1) is 24.2. The quantitative estimate of drug-likeness (QED) is 0.295. The first-order chi connectivity index (χ1) is 13.7. The molecule has 1 aromatic carbocycles. The van der Waals surface area contributed by atoms with E-state index in [2.05, 4.69) is 34.6 Å². The van der Waals surface area contributed by atoms with Gasteiger partial charge in [-0.15, -0.1) is 24.0 Å². The number of guanidine groups is 1. The molecule has 0 aromatic heterocycles. The van der Waals surface area contributed by atoms with Crippen molar-refractivity contribution < 1.29 is 9.84 Å². The van der Waals surface area contributed by atoms with Crippen LogP contribution in [0.1, 0.15) is 57.1 Å². The van der Waals surface area contributed by atoms with Crippen LogP contribution < -0.4 is 15.4 Å². The maximum atomic E-state index is 9.74. The molecule has 2 fully saturated rings. The summed E-state index contributed by atoms with van der Waals surface area (Å²) < 4.78 is 5.32. The van der Waals surface area contributed by atoms with Gasteiger partial charge in [0, 0.05) is 12.6 Å². The minimum absolute atomic E-state index is 0. The van der Waals surface area contributed by atoms with E-state index in [0.29, 0.717) is 6.04 Å². The van der Waals surface area contributed by atoms with Crippen molar-refractivity contribution in [3.05, 3.63) is 29.8 Å². The zero-order chi connectivity index (χ0) is 19.8. The fourth-order valence-corrected chi connectivity index (χ4v) is 4.22. The lowest BCUT2D eigenvalue weighted by Gasteiger charge is -2.29. The fraction of sp³-hybridized carbons (Fsp3) is 0.682. The molecule has 1 saturated carbocycles. The molecule has 1 atom stereocenters. The number of nitrogens with zero attached hydrogens (tertiary/aromatic N) is 2. The van der Waals surface area contributed by atoms with Crippen LogP contribution in [0.4, 0.5) is 0 Å². The molecule has 1 heterocycles. The minimum Gasteiger partial charge on any atom is -0.497 e. The average molecular weight is 516 g/mol. The summed E-state index contributed by atoms with van der Waals surface area (Å²) in [5, 5.41) is 16.7. The summed E-state index contributed by atoms with van der Waals surface area (Å²) in [6.45, 7) is 5.95. The van der Waals surface area contributed by atoms with Gasteiger partial charge in [0.25, 0.3) is 0 Å². The van der Waals surface area contributed by atoms with E-state index in [4.69, 9.17) is 9.73 Å². The summed E-state index contributed by atoms with van der Waals surface area (Å²) in [4.78, 5) is 7.50. The van der Waals surface area contributed by atoms with Crippen molar-refractivity contribution >= 4 is 29.9 Å². The summed E-state index contributed by atoms with van der Waals surface area (Å²) in [6.07, 6.45) is 6.14. The number of ether oxygens (including phenoxy) is 1. The molecule has 7 heteroatoms. The second-order valence-electron chi connectivity index (χ2n) is 7.90. The summed E-state index contributed by atoms with van der Waals surface area (Å²) >= 11 is 0. The Morgan fingerprint density at radius 2 is 1.83 bits per heavy atom. The molecule has 0 spiro atoms. The normalized spacial score (nSPS) is 23.9. The highest BCUT2D eigenvalue weighted by molar-refractivity contribution is 14.0. The van der Waals surface area contributed by atoms with Gasteiger partial charge in [0.1, 0.15) is 5.75 Å². The molecule has 1 aromatic rings. The number of aliphatic hydroxyl groups excluding tert-OH is 1. The maximum absolute atomic E-state index is 9.74. The number of hydrogen-bond acceptors (Lipinski definition) is 4. The summed E-state index contributed by atoms with van der Waals surface area (Å²) in [5.41, 5.74) is 1.29. The molecule has 1 aliphatic carbocycles. The van der Waals surface area contributed by atoms with Crippen molar-refractivity contribution in [1.82, 2.24) is 15.5 Å². The number of aliphatic imine (C=N–C) groups is 1. The van der Waals surface area contributed by atoms with E-state index in [9.17, 15) is 5.11 Å². The number of halogens is 1. The van der Waals surface area contributed by atoms with E-state index in [0.717, 1.165) is 63.6 Å². The molecule has 6 nitrogen and oxygen atoms in total. The molecule has 3 rings (SSSR count). The first-order valence-electron chi connectivity index (χ1n) is 10.8. The molecule has 0 radical (unpaired) electrons. The van der Waals surface area contributed by atoms with Crippen molar-refractivity contribution in [1.29, 1.82) is 0 Å². The Morgan fingerprint density at radius 3 is 2.41 bits per heavy atom. The Hall–Kier alpha value is -1.06. The third-order valence-corrected chi connectivity index (χ3v) is 5.89. The zero-order valence-corrected chi connectivity index (χ0v) is 20.1.